The maximum absolute atomic E-state index is 3.62. The first-order chi connectivity index (χ1) is 13.2. The van der Waals surface area contributed by atoms with E-state index in [1.165, 1.54) is 35.0 Å². The van der Waals surface area contributed by atoms with Crippen LogP contribution in [0, 0.1) is 18.8 Å². The van der Waals surface area contributed by atoms with Gasteiger partial charge in [0.25, 0.3) is 0 Å². The topological polar surface area (TPSA) is 3.24 Å². The Morgan fingerprint density at radius 1 is 0.926 bits per heavy atom. The fraction of sp³-hybridized carbons (Fsp3) is 0.360. The first-order valence-electron chi connectivity index (χ1n) is 10.2. The predicted molar refractivity (Wildman–Crippen MR) is 115 cm³/mol. The molecular weight excluding hydrogens is 394 g/mol. The van der Waals surface area contributed by atoms with Crippen LogP contribution in [0.3, 0.4) is 0 Å². The summed E-state index contributed by atoms with van der Waals surface area (Å²) in [5.41, 5.74) is 7.60. The van der Waals surface area contributed by atoms with Gasteiger partial charge in [-0.15, -0.1) is 0 Å². The molecule has 2 aliphatic heterocycles. The molecule has 1 nitrogen and oxygen atoms in total. The second-order valence-electron chi connectivity index (χ2n) is 8.74. The summed E-state index contributed by atoms with van der Waals surface area (Å²) >= 11 is 3.62. The van der Waals surface area contributed by atoms with Crippen molar-refractivity contribution in [3.63, 3.8) is 0 Å². The molecule has 2 heteroatoms. The molecule has 0 saturated carbocycles. The minimum absolute atomic E-state index is 0.480. The molecule has 0 aromatic heterocycles. The molecule has 0 radical (unpaired) electrons. The number of hydrogen-bond acceptors (Lipinski definition) is 1. The van der Waals surface area contributed by atoms with Gasteiger partial charge >= 0.3 is 0 Å². The van der Waals surface area contributed by atoms with Gasteiger partial charge < -0.3 is 4.90 Å². The van der Waals surface area contributed by atoms with Crippen molar-refractivity contribution in [1.82, 2.24) is 0 Å². The SMILES string of the molecule is Cc1cc2c3c(c1)[C@@H]1C=CC[C@@H]1[C@H](c1ccc(Br)cc1)N3C[C@H]1CC=C[C@H]21. The second kappa shape index (κ2) is 5.85. The van der Waals surface area contributed by atoms with Crippen LogP contribution in [0.1, 0.15) is 53.0 Å². The summed E-state index contributed by atoms with van der Waals surface area (Å²) < 4.78 is 1.17. The lowest BCUT2D eigenvalue weighted by molar-refractivity contribution is 0.335. The Balaban J connectivity index is 1.59. The van der Waals surface area contributed by atoms with Crippen molar-refractivity contribution in [2.75, 3.05) is 11.4 Å². The lowest BCUT2D eigenvalue weighted by Gasteiger charge is -2.51. The van der Waals surface area contributed by atoms with Crippen LogP contribution in [0.15, 0.2) is 65.2 Å². The average Bonchev–Trinajstić information content (AvgIpc) is 3.32. The zero-order valence-corrected chi connectivity index (χ0v) is 17.2. The summed E-state index contributed by atoms with van der Waals surface area (Å²) in [4.78, 5) is 2.79. The summed E-state index contributed by atoms with van der Waals surface area (Å²) in [7, 11) is 0. The molecular formula is C25H24BrN. The van der Waals surface area contributed by atoms with E-state index >= 15 is 0 Å². The van der Waals surface area contributed by atoms with Crippen molar-refractivity contribution in [2.45, 2.75) is 37.6 Å². The molecule has 0 bridgehead atoms. The van der Waals surface area contributed by atoms with Gasteiger partial charge in [0.05, 0.1) is 6.04 Å². The minimum Gasteiger partial charge on any atom is -0.363 e. The number of allylic oxidation sites excluding steroid dienone is 4. The number of fused-ring (bicyclic) bond motifs is 4. The maximum atomic E-state index is 3.62. The molecule has 4 aliphatic rings. The van der Waals surface area contributed by atoms with Gasteiger partial charge in [0.2, 0.25) is 0 Å². The van der Waals surface area contributed by atoms with E-state index in [-0.39, 0.29) is 0 Å². The van der Waals surface area contributed by atoms with E-state index in [1.807, 2.05) is 0 Å². The summed E-state index contributed by atoms with van der Waals surface area (Å²) in [6, 6.07) is 14.5. The van der Waals surface area contributed by atoms with Crippen LogP contribution in [0.2, 0.25) is 0 Å². The standard InChI is InChI=1S/C25H24BrN/c1-15-12-22-19-5-2-4-17(19)14-27-24(16-8-10-18(26)11-9-16)21-7-3-6-20(21)23(13-15)25(22)27/h2-3,5-6,8-13,17,19-21,24H,4,7,14H2,1H3/t17-,19+,20-,21+,24+/m1/s1. The molecule has 5 atom stereocenters. The second-order valence-corrected chi connectivity index (χ2v) is 9.66. The number of benzene rings is 2. The number of nitrogens with zero attached hydrogens (tertiary/aromatic N) is 1. The predicted octanol–water partition coefficient (Wildman–Crippen LogP) is 6.65. The van der Waals surface area contributed by atoms with Gasteiger partial charge in [-0.05, 0) is 60.4 Å². The molecule has 2 heterocycles. The van der Waals surface area contributed by atoms with Gasteiger partial charge in [-0.3, -0.25) is 0 Å². The normalized spacial score (nSPS) is 32.4. The van der Waals surface area contributed by atoms with E-state index in [9.17, 15) is 0 Å². The van der Waals surface area contributed by atoms with Gasteiger partial charge in [0.15, 0.2) is 0 Å². The van der Waals surface area contributed by atoms with Gasteiger partial charge in [0, 0.05) is 28.5 Å². The molecule has 2 aromatic rings. The van der Waals surface area contributed by atoms with Crippen molar-refractivity contribution in [1.29, 1.82) is 0 Å². The monoisotopic (exact) mass is 417 g/mol. The molecule has 0 saturated heterocycles. The van der Waals surface area contributed by atoms with Crippen LogP contribution >= 0.6 is 15.9 Å². The number of aryl methyl sites for hydroxylation is 1. The molecule has 2 aromatic carbocycles. The van der Waals surface area contributed by atoms with Crippen molar-refractivity contribution in [3.05, 3.63) is 87.4 Å². The molecule has 0 spiro atoms. The third-order valence-corrected chi connectivity index (χ3v) is 7.73. The smallest absolute Gasteiger partial charge is 0.0582 e. The van der Waals surface area contributed by atoms with Crippen LogP contribution in [0.5, 0.6) is 0 Å². The molecule has 0 amide bonds. The molecule has 2 aliphatic carbocycles. The number of rotatable bonds is 1. The molecule has 136 valence electrons. The third-order valence-electron chi connectivity index (χ3n) is 7.21. The lowest BCUT2D eigenvalue weighted by atomic mass is 9.70. The van der Waals surface area contributed by atoms with Crippen LogP contribution < -0.4 is 4.90 Å². The lowest BCUT2D eigenvalue weighted by Crippen LogP contribution is -2.46. The highest BCUT2D eigenvalue weighted by molar-refractivity contribution is 9.10. The Kier molecular flexibility index (Phi) is 3.50. The molecule has 0 N–H and O–H groups in total. The van der Waals surface area contributed by atoms with E-state index < -0.39 is 0 Å². The summed E-state index contributed by atoms with van der Waals surface area (Å²) in [6.45, 7) is 3.46. The van der Waals surface area contributed by atoms with Crippen molar-refractivity contribution >= 4 is 21.6 Å². The van der Waals surface area contributed by atoms with Gasteiger partial charge in [-0.25, -0.2) is 0 Å². The quantitative estimate of drug-likeness (QED) is 0.469. The van der Waals surface area contributed by atoms with Gasteiger partial charge in [-0.1, -0.05) is 70.1 Å². The van der Waals surface area contributed by atoms with Crippen molar-refractivity contribution in [3.8, 4) is 0 Å². The van der Waals surface area contributed by atoms with Crippen molar-refractivity contribution in [2.24, 2.45) is 11.8 Å². The maximum Gasteiger partial charge on any atom is 0.0582 e. The molecule has 6 rings (SSSR count). The zero-order chi connectivity index (χ0) is 18.1. The average molecular weight is 418 g/mol. The Labute approximate surface area is 169 Å². The highest BCUT2D eigenvalue weighted by atomic mass is 79.9. The molecule has 0 unspecified atom stereocenters. The van der Waals surface area contributed by atoms with Crippen LogP contribution in [-0.2, 0) is 0 Å². The highest BCUT2D eigenvalue weighted by Gasteiger charge is 2.47. The van der Waals surface area contributed by atoms with Crippen LogP contribution in [-0.4, -0.2) is 6.54 Å². The summed E-state index contributed by atoms with van der Waals surface area (Å²) in [6.07, 6.45) is 12.2. The van der Waals surface area contributed by atoms with Gasteiger partial charge in [0.1, 0.15) is 0 Å². The zero-order valence-electron chi connectivity index (χ0n) is 15.6. The summed E-state index contributed by atoms with van der Waals surface area (Å²) in [5.74, 6) is 2.56. The third kappa shape index (κ3) is 2.29. The highest BCUT2D eigenvalue weighted by Crippen LogP contribution is 2.58. The fourth-order valence-electron chi connectivity index (χ4n) is 6.17. The number of hydrogen-bond donors (Lipinski definition) is 0. The first-order valence-corrected chi connectivity index (χ1v) is 11.0. The fourth-order valence-corrected chi connectivity index (χ4v) is 6.44. The Bertz CT molecular complexity index is 953. The van der Waals surface area contributed by atoms with E-state index in [0.717, 1.165) is 5.92 Å². The Morgan fingerprint density at radius 2 is 1.63 bits per heavy atom. The van der Waals surface area contributed by atoms with Gasteiger partial charge in [-0.2, -0.15) is 0 Å². The largest absolute Gasteiger partial charge is 0.363 e. The van der Waals surface area contributed by atoms with E-state index in [2.05, 4.69) is 88.5 Å². The van der Waals surface area contributed by atoms with E-state index in [1.54, 1.807) is 16.8 Å². The Hall–Kier alpha value is -1.80. The van der Waals surface area contributed by atoms with Crippen molar-refractivity contribution < 1.29 is 0 Å². The number of anilines is 1. The van der Waals surface area contributed by atoms with E-state index in [0.29, 0.717) is 23.8 Å². The summed E-state index contributed by atoms with van der Waals surface area (Å²) in [5, 5.41) is 0. The minimum atomic E-state index is 0.480. The number of halogens is 1. The Morgan fingerprint density at radius 3 is 2.44 bits per heavy atom. The first kappa shape index (κ1) is 16.2. The molecule has 27 heavy (non-hydrogen) atoms. The van der Waals surface area contributed by atoms with E-state index in [4.69, 9.17) is 0 Å². The molecule has 0 fully saturated rings. The van der Waals surface area contributed by atoms with Crippen LogP contribution in [0.4, 0.5) is 5.69 Å². The van der Waals surface area contributed by atoms with Crippen LogP contribution in [0.25, 0.3) is 0 Å².